The van der Waals surface area contributed by atoms with Crippen LogP contribution >= 0.6 is 11.3 Å². The molecule has 0 bridgehead atoms. The number of Topliss-reactive ketones (excluding diaryl/α,β-unsaturated/α-hetero) is 1. The molecule has 1 fully saturated rings. The van der Waals surface area contributed by atoms with E-state index >= 15 is 0 Å². The van der Waals surface area contributed by atoms with Crippen LogP contribution in [0.1, 0.15) is 29.8 Å². The van der Waals surface area contributed by atoms with Crippen molar-refractivity contribution in [2.75, 3.05) is 6.54 Å². The molecule has 0 spiro atoms. The van der Waals surface area contributed by atoms with Crippen LogP contribution in [0.2, 0.25) is 0 Å². The maximum atomic E-state index is 13.8. The zero-order valence-electron chi connectivity index (χ0n) is 16.8. The highest BCUT2D eigenvalue weighted by Crippen LogP contribution is 2.37. The van der Waals surface area contributed by atoms with Crippen LogP contribution in [-0.2, 0) is 4.79 Å². The van der Waals surface area contributed by atoms with E-state index in [0.29, 0.717) is 23.4 Å². The molecule has 1 aliphatic heterocycles. The van der Waals surface area contributed by atoms with Gasteiger partial charge in [0.25, 0.3) is 0 Å². The highest BCUT2D eigenvalue weighted by atomic mass is 32.1. The number of nitrogens with two attached hydrogens (primary N) is 1. The minimum absolute atomic E-state index is 0.00530. The number of hydrogen-bond donors (Lipinski definition) is 2. The number of halogens is 3. The summed E-state index contributed by atoms with van der Waals surface area (Å²) in [5, 5.41) is 3.24. The average molecular weight is 458 g/mol. The van der Waals surface area contributed by atoms with Gasteiger partial charge in [-0.2, -0.15) is 0 Å². The van der Waals surface area contributed by atoms with E-state index in [0.717, 1.165) is 42.4 Å². The molecule has 165 valence electrons. The molecule has 1 saturated heterocycles. The van der Waals surface area contributed by atoms with Gasteiger partial charge in [0, 0.05) is 11.6 Å². The fourth-order valence-corrected chi connectivity index (χ4v) is 4.77. The summed E-state index contributed by atoms with van der Waals surface area (Å²) in [5.41, 5.74) is 4.96. The van der Waals surface area contributed by atoms with Gasteiger partial charge in [0.15, 0.2) is 5.78 Å². The third-order valence-electron chi connectivity index (χ3n) is 5.33. The smallest absolute Gasteiger partial charge is 0.238 e. The van der Waals surface area contributed by atoms with Crippen LogP contribution in [-0.4, -0.2) is 28.8 Å². The normalized spacial score (nSPS) is 18.5. The lowest BCUT2D eigenvalue weighted by atomic mass is 9.83. The predicted octanol–water partition coefficient (Wildman–Crippen LogP) is 4.28. The van der Waals surface area contributed by atoms with Gasteiger partial charge in [-0.15, -0.1) is 11.3 Å². The number of piperidine rings is 1. The van der Waals surface area contributed by atoms with Crippen LogP contribution in [0.25, 0.3) is 21.0 Å². The fraction of sp³-hybridized carbons (Fsp3) is 0.217. The molecular formula is C23H19F3N3O2S. The Balaban J connectivity index is 1.78. The summed E-state index contributed by atoms with van der Waals surface area (Å²) >= 11 is 1.04. The second kappa shape index (κ2) is 8.84. The van der Waals surface area contributed by atoms with Gasteiger partial charge in [0.05, 0.1) is 11.3 Å². The lowest BCUT2D eigenvalue weighted by molar-refractivity contribution is -0.123. The number of amides is 1. The van der Waals surface area contributed by atoms with Gasteiger partial charge >= 0.3 is 0 Å². The minimum Gasteiger partial charge on any atom is -0.368 e. The van der Waals surface area contributed by atoms with Gasteiger partial charge in [-0.05, 0) is 55.6 Å². The van der Waals surface area contributed by atoms with E-state index in [1.165, 1.54) is 30.7 Å². The summed E-state index contributed by atoms with van der Waals surface area (Å²) in [7, 11) is 0. The van der Waals surface area contributed by atoms with Crippen molar-refractivity contribution in [1.82, 2.24) is 10.3 Å². The zero-order chi connectivity index (χ0) is 22.9. The fourth-order valence-electron chi connectivity index (χ4n) is 3.71. The summed E-state index contributed by atoms with van der Waals surface area (Å²) < 4.78 is 41.0. The van der Waals surface area contributed by atoms with Crippen LogP contribution in [0.5, 0.6) is 0 Å². The molecule has 1 aromatic heterocycles. The molecule has 0 saturated carbocycles. The summed E-state index contributed by atoms with van der Waals surface area (Å²) in [6.45, 7) is 0.530. The molecule has 32 heavy (non-hydrogen) atoms. The van der Waals surface area contributed by atoms with Crippen LogP contribution in [0, 0.1) is 23.9 Å². The molecule has 1 amide bonds. The Bertz CT molecular complexity index is 1150. The number of rotatable bonds is 6. The number of carbonyl (C=O) groups excluding carboxylic acids is 2. The summed E-state index contributed by atoms with van der Waals surface area (Å²) in [5.74, 6) is -3.24. The molecular weight excluding hydrogens is 439 g/mol. The van der Waals surface area contributed by atoms with Crippen LogP contribution < -0.4 is 11.1 Å². The Hall–Kier alpha value is -3.04. The monoisotopic (exact) mass is 458 g/mol. The quantitative estimate of drug-likeness (QED) is 0.540. The lowest BCUT2D eigenvalue weighted by Crippen LogP contribution is -2.59. The maximum absolute atomic E-state index is 13.8. The third-order valence-corrected chi connectivity index (χ3v) is 6.49. The van der Waals surface area contributed by atoms with E-state index in [9.17, 15) is 22.8 Å². The minimum atomic E-state index is -1.30. The molecule has 3 aromatic rings. The van der Waals surface area contributed by atoms with Gasteiger partial charge in [0.1, 0.15) is 33.7 Å². The number of nitrogens with one attached hydrogen (secondary N) is 1. The second-order valence-corrected chi connectivity index (χ2v) is 8.59. The third kappa shape index (κ3) is 4.44. The van der Waals surface area contributed by atoms with Crippen LogP contribution in [0.4, 0.5) is 13.2 Å². The topological polar surface area (TPSA) is 85.1 Å². The number of benzene rings is 2. The molecule has 5 nitrogen and oxygen atoms in total. The Labute approximate surface area is 186 Å². The highest BCUT2D eigenvalue weighted by Gasteiger charge is 2.41. The van der Waals surface area contributed by atoms with E-state index in [4.69, 9.17) is 5.73 Å². The van der Waals surface area contributed by atoms with E-state index in [2.05, 4.69) is 10.3 Å². The molecule has 1 atom stereocenters. The Morgan fingerprint density at radius 3 is 2.28 bits per heavy atom. The Morgan fingerprint density at radius 1 is 1.00 bits per heavy atom. The average Bonchev–Trinajstić information content (AvgIpc) is 3.20. The number of primary amides is 1. The molecule has 9 heteroatoms. The van der Waals surface area contributed by atoms with Crippen molar-refractivity contribution >= 4 is 23.0 Å². The van der Waals surface area contributed by atoms with Gasteiger partial charge in [-0.25, -0.2) is 18.2 Å². The van der Waals surface area contributed by atoms with Crippen molar-refractivity contribution in [1.29, 1.82) is 0 Å². The van der Waals surface area contributed by atoms with Gasteiger partial charge < -0.3 is 11.1 Å². The summed E-state index contributed by atoms with van der Waals surface area (Å²) in [6, 6.07) is 8.41. The Morgan fingerprint density at radius 2 is 1.69 bits per heavy atom. The van der Waals surface area contributed by atoms with Crippen molar-refractivity contribution < 1.29 is 22.8 Å². The molecule has 1 unspecified atom stereocenters. The van der Waals surface area contributed by atoms with Gasteiger partial charge in [0.2, 0.25) is 5.91 Å². The van der Waals surface area contributed by atoms with Crippen LogP contribution in [0.3, 0.4) is 0 Å². The lowest BCUT2D eigenvalue weighted by Gasteiger charge is -2.34. The van der Waals surface area contributed by atoms with E-state index in [1.54, 1.807) is 0 Å². The van der Waals surface area contributed by atoms with E-state index < -0.39 is 34.7 Å². The number of hydrogen-bond acceptors (Lipinski definition) is 5. The van der Waals surface area contributed by atoms with Crippen molar-refractivity contribution in [3.63, 3.8) is 0 Å². The molecule has 4 rings (SSSR count). The predicted molar refractivity (Wildman–Crippen MR) is 115 cm³/mol. The van der Waals surface area contributed by atoms with Crippen molar-refractivity contribution in [2.45, 2.75) is 24.8 Å². The Kier molecular flexibility index (Phi) is 6.12. The second-order valence-electron chi connectivity index (χ2n) is 7.59. The molecule has 1 aliphatic rings. The number of carbonyl (C=O) groups is 2. The zero-order valence-corrected chi connectivity index (χ0v) is 17.6. The SMILES string of the molecule is NC(=O)C1([CH]C(=O)c2nc(-c3cc(F)cc(F)c3)sc2-c2ccc(F)cc2)CCCCN1. The number of aromatic nitrogens is 1. The number of ketones is 1. The van der Waals surface area contributed by atoms with Gasteiger partial charge in [-0.1, -0.05) is 12.1 Å². The molecule has 2 aromatic carbocycles. The first kappa shape index (κ1) is 22.2. The number of nitrogens with zero attached hydrogens (tertiary/aromatic N) is 1. The molecule has 0 aliphatic carbocycles. The first-order valence-electron chi connectivity index (χ1n) is 9.96. The first-order valence-corrected chi connectivity index (χ1v) is 10.8. The molecule has 3 N–H and O–H groups in total. The van der Waals surface area contributed by atoms with Crippen molar-refractivity contribution in [3.8, 4) is 21.0 Å². The first-order chi connectivity index (χ1) is 15.3. The molecule has 2 heterocycles. The maximum Gasteiger partial charge on any atom is 0.238 e. The summed E-state index contributed by atoms with van der Waals surface area (Å²) in [6.07, 6.45) is 3.16. The largest absolute Gasteiger partial charge is 0.368 e. The summed E-state index contributed by atoms with van der Waals surface area (Å²) in [4.78, 5) is 30.2. The van der Waals surface area contributed by atoms with Crippen molar-refractivity contribution in [2.24, 2.45) is 5.73 Å². The van der Waals surface area contributed by atoms with E-state index in [-0.39, 0.29) is 16.3 Å². The van der Waals surface area contributed by atoms with Crippen LogP contribution in [0.15, 0.2) is 42.5 Å². The van der Waals surface area contributed by atoms with Crippen molar-refractivity contribution in [3.05, 3.63) is 72.0 Å². The standard InChI is InChI=1S/C23H19F3N3O2S/c24-15-5-3-13(4-6-15)20-19(18(30)12-23(22(27)31)7-1-2-8-28-23)29-21(32-20)14-9-16(25)11-17(26)10-14/h3-6,9-12,28H,1-2,7-8H2,(H2,27,31). The van der Waals surface area contributed by atoms with Gasteiger partial charge in [-0.3, -0.25) is 9.59 Å². The number of thiazole rings is 1. The highest BCUT2D eigenvalue weighted by molar-refractivity contribution is 7.18. The van der Waals surface area contributed by atoms with E-state index in [1.807, 2.05) is 0 Å². The molecule has 1 radical (unpaired) electrons.